The van der Waals surface area contributed by atoms with E-state index in [9.17, 15) is 0 Å². The Balaban J connectivity index is -0.0000000575. The zero-order chi connectivity index (χ0) is 6.28. The van der Waals surface area contributed by atoms with E-state index in [4.69, 9.17) is 20.7 Å². The number of rotatable bonds is 0. The van der Waals surface area contributed by atoms with Gasteiger partial charge in [-0.05, 0) is 6.73 Å². The van der Waals surface area contributed by atoms with E-state index in [0.29, 0.717) is 0 Å². The summed E-state index contributed by atoms with van der Waals surface area (Å²) >= 11 is 0. The first kappa shape index (κ1) is 15.8. The maximum absolute atomic E-state index is 9.00. The molecule has 0 atom stereocenters. The third-order valence-corrected chi connectivity index (χ3v) is 0. The molecular formula is C3H8NNaO3. The molecule has 8 heavy (non-hydrogen) atoms. The zero-order valence-electron chi connectivity index (χ0n) is 5.01. The van der Waals surface area contributed by atoms with Crippen molar-refractivity contribution < 1.29 is 44.6 Å². The summed E-state index contributed by atoms with van der Waals surface area (Å²) in [7, 11) is 0. The van der Waals surface area contributed by atoms with Crippen LogP contribution in [-0.4, -0.2) is 22.9 Å². The van der Waals surface area contributed by atoms with E-state index in [1.54, 1.807) is 0 Å². The Bertz CT molecular complexity index is 45.8. The molecule has 0 saturated heterocycles. The van der Waals surface area contributed by atoms with Crippen LogP contribution < -0.4 is 29.6 Å². The third kappa shape index (κ3) is 1220. The van der Waals surface area contributed by atoms with E-state index in [2.05, 4.69) is 0 Å². The van der Waals surface area contributed by atoms with Crippen molar-refractivity contribution in [3.8, 4) is 0 Å². The van der Waals surface area contributed by atoms with Gasteiger partial charge in [0.25, 0.3) is 5.97 Å². The van der Waals surface area contributed by atoms with E-state index < -0.39 is 12.7 Å². The molecule has 0 aromatic rings. The molecule has 0 saturated carbocycles. The molecule has 0 spiro atoms. The van der Waals surface area contributed by atoms with Gasteiger partial charge in [0.2, 0.25) is 0 Å². The van der Waals surface area contributed by atoms with Gasteiger partial charge in [0.05, 0.1) is 0 Å². The minimum absolute atomic E-state index is 0. The number of aliphatic carboxylic acids is 1. The first-order valence-corrected chi connectivity index (χ1v) is 1.60. The average molecular weight is 129 g/mol. The van der Waals surface area contributed by atoms with Crippen LogP contribution >= 0.6 is 0 Å². The second-order valence-corrected chi connectivity index (χ2v) is 0.677. The average Bonchev–Trinajstić information content (AvgIpc) is 1.33. The number of carbonyl (C=O) groups is 1. The van der Waals surface area contributed by atoms with Crippen molar-refractivity contribution in [2.45, 2.75) is 6.92 Å². The first-order valence-electron chi connectivity index (χ1n) is 1.60. The van der Waals surface area contributed by atoms with Crippen LogP contribution in [0.1, 0.15) is 6.92 Å². The van der Waals surface area contributed by atoms with Crippen molar-refractivity contribution in [1.29, 1.82) is 0 Å². The van der Waals surface area contributed by atoms with Gasteiger partial charge in [-0.2, -0.15) is 0 Å². The first-order chi connectivity index (χ1) is 3.15. The number of hydrogen-bond donors (Lipinski definition) is 2. The molecule has 5 heteroatoms. The summed E-state index contributed by atoms with van der Waals surface area (Å²) in [4.78, 5) is 9.00. The Labute approximate surface area is 70.0 Å². The monoisotopic (exact) mass is 129 g/mol. The van der Waals surface area contributed by atoms with Gasteiger partial charge in [-0.1, -0.05) is 0 Å². The minimum atomic E-state index is -0.833. The molecule has 3 N–H and O–H groups in total. The van der Waals surface area contributed by atoms with Gasteiger partial charge >= 0.3 is 29.6 Å². The molecule has 0 heterocycles. The molecule has 0 unspecified atom stereocenters. The molecule has 0 aromatic carbocycles. The fourth-order valence-corrected chi connectivity index (χ4v) is 0. The van der Waals surface area contributed by atoms with Gasteiger partial charge < -0.3 is 15.9 Å². The normalized spacial score (nSPS) is 5.38. The van der Waals surface area contributed by atoms with E-state index >= 15 is 0 Å². The molecular weight excluding hydrogens is 121 g/mol. The summed E-state index contributed by atoms with van der Waals surface area (Å²) < 4.78 is 0. The van der Waals surface area contributed by atoms with Crippen LogP contribution in [0.25, 0.3) is 5.73 Å². The molecule has 0 radical (unpaired) electrons. The smallest absolute Gasteiger partial charge is 0.655 e. The van der Waals surface area contributed by atoms with Crippen LogP contribution in [-0.2, 0) is 4.79 Å². The van der Waals surface area contributed by atoms with Gasteiger partial charge in [-0.3, -0.25) is 4.79 Å². The van der Waals surface area contributed by atoms with E-state index in [0.717, 1.165) is 6.92 Å². The Morgan fingerprint density at radius 3 is 1.75 bits per heavy atom. The fourth-order valence-electron chi connectivity index (χ4n) is 0. The molecule has 4 nitrogen and oxygen atoms in total. The molecule has 0 amide bonds. The maximum Gasteiger partial charge on any atom is 1.00 e. The number of nitrogens with one attached hydrogen (secondary N) is 1. The van der Waals surface area contributed by atoms with Crippen molar-refractivity contribution in [2.75, 3.05) is 6.73 Å². The zero-order valence-corrected chi connectivity index (χ0v) is 7.01. The van der Waals surface area contributed by atoms with Crippen LogP contribution in [0.5, 0.6) is 0 Å². The van der Waals surface area contributed by atoms with Crippen LogP contribution in [0, 0.1) is 0 Å². The number of carboxylic acid groups (broad SMARTS) is 1. The van der Waals surface area contributed by atoms with Gasteiger partial charge in [0.1, 0.15) is 0 Å². The number of aliphatic hydroxyl groups is 1. The van der Waals surface area contributed by atoms with Gasteiger partial charge in [-0.25, -0.2) is 0 Å². The predicted molar refractivity (Wildman–Crippen MR) is 24.7 cm³/mol. The number of carboxylic acids is 1. The van der Waals surface area contributed by atoms with Crippen molar-refractivity contribution in [3.63, 3.8) is 0 Å². The van der Waals surface area contributed by atoms with Crippen LogP contribution in [0.15, 0.2) is 0 Å². The maximum atomic E-state index is 9.00. The fraction of sp³-hybridized carbons (Fsp3) is 0.667. The molecule has 0 fully saturated rings. The summed E-state index contributed by atoms with van der Waals surface area (Å²) in [6, 6.07) is 0. The van der Waals surface area contributed by atoms with Crippen molar-refractivity contribution in [2.24, 2.45) is 0 Å². The van der Waals surface area contributed by atoms with E-state index in [1.807, 2.05) is 0 Å². The van der Waals surface area contributed by atoms with Crippen molar-refractivity contribution >= 4 is 5.97 Å². The van der Waals surface area contributed by atoms with Crippen molar-refractivity contribution in [1.82, 2.24) is 0 Å². The number of aliphatic hydroxyl groups excluding tert-OH is 1. The summed E-state index contributed by atoms with van der Waals surface area (Å²) in [5.74, 6) is -0.833. The molecule has 0 aromatic heterocycles. The van der Waals surface area contributed by atoms with Crippen LogP contribution in [0.2, 0.25) is 0 Å². The van der Waals surface area contributed by atoms with Gasteiger partial charge in [0.15, 0.2) is 0 Å². The largest absolute Gasteiger partial charge is 1.00 e. The van der Waals surface area contributed by atoms with Crippen molar-refractivity contribution in [3.05, 3.63) is 5.73 Å². The molecule has 0 bridgehead atoms. The van der Waals surface area contributed by atoms with E-state index in [1.165, 1.54) is 0 Å². The quantitative estimate of drug-likeness (QED) is 0.344. The Morgan fingerprint density at radius 2 is 1.75 bits per heavy atom. The van der Waals surface area contributed by atoms with Gasteiger partial charge in [-0.15, -0.1) is 0 Å². The Hall–Kier alpha value is 0.390. The topological polar surface area (TPSA) is 81.3 Å². The second-order valence-electron chi connectivity index (χ2n) is 0.677. The summed E-state index contributed by atoms with van der Waals surface area (Å²) in [5, 5.41) is 14.7. The standard InChI is InChI=1S/C2H4O2.CH4NO.Na/c1-2(3)4;2-1-3;/h1H3,(H,3,4);2-3H,1H2;/q;-1;+1. The number of hydrogen-bond acceptors (Lipinski definition) is 2. The molecule has 0 aliphatic carbocycles. The Morgan fingerprint density at radius 1 is 1.75 bits per heavy atom. The minimum Gasteiger partial charge on any atom is -0.655 e. The summed E-state index contributed by atoms with van der Waals surface area (Å²) in [6.07, 6.45) is 0. The molecule has 0 rings (SSSR count). The Kier molecular flexibility index (Phi) is 30.9. The summed E-state index contributed by atoms with van der Waals surface area (Å²) in [6.45, 7) is 0.583. The van der Waals surface area contributed by atoms with Crippen LogP contribution in [0.4, 0.5) is 0 Å². The van der Waals surface area contributed by atoms with Gasteiger partial charge in [0, 0.05) is 6.92 Å². The molecule has 0 aliphatic heterocycles. The predicted octanol–water partition coefficient (Wildman–Crippen LogP) is -2.92. The molecule has 44 valence electrons. The third-order valence-electron chi connectivity index (χ3n) is 0. The second kappa shape index (κ2) is 15.7. The summed E-state index contributed by atoms with van der Waals surface area (Å²) in [5.41, 5.74) is 5.76. The molecule has 0 aliphatic rings. The van der Waals surface area contributed by atoms with Crippen LogP contribution in [0.3, 0.4) is 0 Å². The van der Waals surface area contributed by atoms with E-state index in [-0.39, 0.29) is 29.6 Å². The SMILES string of the molecule is CC(=O)O.[NH-]CO.[Na+].